The van der Waals surface area contributed by atoms with Gasteiger partial charge >= 0.3 is 0 Å². The number of aryl methyl sites for hydroxylation is 1. The maximum Gasteiger partial charge on any atom is 0.259 e. The summed E-state index contributed by atoms with van der Waals surface area (Å²) in [6.07, 6.45) is 4.03. The van der Waals surface area contributed by atoms with Gasteiger partial charge in [-0.05, 0) is 23.4 Å². The lowest BCUT2D eigenvalue weighted by molar-refractivity contribution is 0.102. The highest BCUT2D eigenvalue weighted by Gasteiger charge is 2.25. The number of carbonyl (C=O) groups excluding carboxylic acids is 1. The summed E-state index contributed by atoms with van der Waals surface area (Å²) in [5.41, 5.74) is 2.18. The van der Waals surface area contributed by atoms with Gasteiger partial charge < -0.3 is 5.32 Å². The fourth-order valence-corrected chi connectivity index (χ4v) is 5.12. The number of hydrogen-bond acceptors (Lipinski definition) is 6. The smallest absolute Gasteiger partial charge is 0.259 e. The van der Waals surface area contributed by atoms with Crippen LogP contribution in [-0.2, 0) is 26.6 Å². The summed E-state index contributed by atoms with van der Waals surface area (Å²) in [7, 11) is 1.77. The predicted molar refractivity (Wildman–Crippen MR) is 102 cm³/mol. The van der Waals surface area contributed by atoms with Gasteiger partial charge in [-0.25, -0.2) is 0 Å². The Balaban J connectivity index is 1.54. The number of nitrogens with one attached hydrogen (secondary N) is 1. The van der Waals surface area contributed by atoms with E-state index in [9.17, 15) is 10.1 Å². The molecule has 0 aromatic carbocycles. The first-order valence-corrected chi connectivity index (χ1v) is 9.93. The van der Waals surface area contributed by atoms with Crippen LogP contribution in [0, 0.1) is 11.3 Å². The predicted octanol–water partition coefficient (Wildman–Crippen LogP) is 3.23. The molecule has 4 rings (SSSR count). The second-order valence-electron chi connectivity index (χ2n) is 6.22. The van der Waals surface area contributed by atoms with Crippen LogP contribution in [0.3, 0.4) is 0 Å². The molecule has 1 N–H and O–H groups in total. The van der Waals surface area contributed by atoms with Gasteiger partial charge in [-0.3, -0.25) is 14.4 Å². The van der Waals surface area contributed by atoms with Crippen molar-refractivity contribution in [1.82, 2.24) is 14.7 Å². The average molecular weight is 384 g/mol. The van der Waals surface area contributed by atoms with Crippen molar-refractivity contribution in [1.29, 1.82) is 5.26 Å². The molecule has 6 nitrogen and oxygen atoms in total. The number of nitrogens with zero attached hydrogens (tertiary/aromatic N) is 4. The fraction of sp³-hybridized carbons (Fsp3) is 0.278. The summed E-state index contributed by atoms with van der Waals surface area (Å²) in [6.45, 7) is 2.66. The van der Waals surface area contributed by atoms with Crippen molar-refractivity contribution >= 4 is 33.6 Å². The third-order valence-electron chi connectivity index (χ3n) is 4.40. The van der Waals surface area contributed by atoms with Gasteiger partial charge in [0, 0.05) is 42.6 Å². The van der Waals surface area contributed by atoms with Crippen LogP contribution in [0.25, 0.3) is 0 Å². The van der Waals surface area contributed by atoms with Gasteiger partial charge in [0.05, 0.1) is 17.3 Å². The largest absolute Gasteiger partial charge is 0.312 e. The van der Waals surface area contributed by atoms with E-state index in [0.29, 0.717) is 16.1 Å². The van der Waals surface area contributed by atoms with E-state index < -0.39 is 0 Å². The molecule has 3 aromatic rings. The lowest BCUT2D eigenvalue weighted by Gasteiger charge is -2.26. The Labute approximate surface area is 159 Å². The molecule has 1 aliphatic heterocycles. The SMILES string of the molecule is Cn1cc(C(=O)Nc2sc3c(c2C#N)CCN(Cc2cccs2)C3)cn1. The summed E-state index contributed by atoms with van der Waals surface area (Å²) in [5.74, 6) is -0.233. The monoisotopic (exact) mass is 383 g/mol. The summed E-state index contributed by atoms with van der Waals surface area (Å²) in [4.78, 5) is 17.3. The zero-order valence-electron chi connectivity index (χ0n) is 14.2. The Kier molecular flexibility index (Phi) is 4.59. The Morgan fingerprint density at radius 3 is 3.08 bits per heavy atom. The van der Waals surface area contributed by atoms with Gasteiger partial charge in [-0.15, -0.1) is 22.7 Å². The first-order valence-electron chi connectivity index (χ1n) is 8.23. The number of amides is 1. The van der Waals surface area contributed by atoms with Crippen molar-refractivity contribution < 1.29 is 4.79 Å². The molecule has 0 spiro atoms. The maximum absolute atomic E-state index is 12.4. The molecular formula is C18H17N5OS2. The van der Waals surface area contributed by atoms with E-state index in [0.717, 1.165) is 31.6 Å². The third-order valence-corrected chi connectivity index (χ3v) is 6.39. The van der Waals surface area contributed by atoms with E-state index in [-0.39, 0.29) is 5.91 Å². The van der Waals surface area contributed by atoms with Gasteiger partial charge in [-0.2, -0.15) is 10.4 Å². The summed E-state index contributed by atoms with van der Waals surface area (Å²) in [5, 5.41) is 19.3. The Bertz CT molecular complexity index is 980. The normalized spacial score (nSPS) is 14.0. The number of aromatic nitrogens is 2. The van der Waals surface area contributed by atoms with Crippen LogP contribution in [0.1, 0.15) is 31.2 Å². The second kappa shape index (κ2) is 7.03. The first kappa shape index (κ1) is 17.0. The third kappa shape index (κ3) is 3.29. The van der Waals surface area contributed by atoms with Crippen LogP contribution in [0.15, 0.2) is 29.9 Å². The molecular weight excluding hydrogens is 366 g/mol. The highest BCUT2D eigenvalue weighted by atomic mass is 32.1. The van der Waals surface area contributed by atoms with E-state index in [1.54, 1.807) is 29.3 Å². The van der Waals surface area contributed by atoms with Crippen molar-refractivity contribution in [2.24, 2.45) is 7.05 Å². The van der Waals surface area contributed by atoms with Crippen LogP contribution >= 0.6 is 22.7 Å². The minimum atomic E-state index is -0.233. The zero-order valence-corrected chi connectivity index (χ0v) is 15.9. The molecule has 0 unspecified atom stereocenters. The van der Waals surface area contributed by atoms with Crippen molar-refractivity contribution in [3.63, 3.8) is 0 Å². The molecule has 0 fully saturated rings. The summed E-state index contributed by atoms with van der Waals surface area (Å²) < 4.78 is 1.59. The fourth-order valence-electron chi connectivity index (χ4n) is 3.13. The lowest BCUT2D eigenvalue weighted by atomic mass is 10.0. The van der Waals surface area contributed by atoms with Gasteiger partial charge in [0.25, 0.3) is 5.91 Å². The molecule has 0 radical (unpaired) electrons. The van der Waals surface area contributed by atoms with Gasteiger partial charge in [0.1, 0.15) is 11.1 Å². The standard InChI is InChI=1S/C18H17N5OS2/c1-22-9-12(8-20-22)17(24)21-18-15(7-19)14-4-5-23(11-16(14)26-18)10-13-3-2-6-25-13/h2-3,6,8-9H,4-5,10-11H2,1H3,(H,21,24). The maximum atomic E-state index is 12.4. The molecule has 0 saturated heterocycles. The number of nitriles is 1. The van der Waals surface area contributed by atoms with Crippen LogP contribution in [-0.4, -0.2) is 27.1 Å². The van der Waals surface area contributed by atoms with Crippen LogP contribution in [0.4, 0.5) is 5.00 Å². The van der Waals surface area contributed by atoms with E-state index in [4.69, 9.17) is 0 Å². The molecule has 0 bridgehead atoms. The number of rotatable bonds is 4. The van der Waals surface area contributed by atoms with Gasteiger partial charge in [0.2, 0.25) is 0 Å². The quantitative estimate of drug-likeness (QED) is 0.751. The molecule has 3 aromatic heterocycles. The molecule has 1 amide bonds. The molecule has 0 aliphatic carbocycles. The molecule has 132 valence electrons. The molecule has 0 atom stereocenters. The Morgan fingerprint density at radius 2 is 2.38 bits per heavy atom. The van der Waals surface area contributed by atoms with E-state index in [1.165, 1.54) is 27.3 Å². The molecule has 26 heavy (non-hydrogen) atoms. The highest BCUT2D eigenvalue weighted by Crippen LogP contribution is 2.37. The molecule has 8 heteroatoms. The molecule has 1 aliphatic rings. The number of anilines is 1. The van der Waals surface area contributed by atoms with Crippen molar-refractivity contribution in [2.45, 2.75) is 19.5 Å². The minimum Gasteiger partial charge on any atom is -0.312 e. The van der Waals surface area contributed by atoms with Crippen molar-refractivity contribution in [3.05, 3.63) is 56.4 Å². The number of carbonyl (C=O) groups is 1. The van der Waals surface area contributed by atoms with E-state index in [1.807, 2.05) is 0 Å². The number of thiophene rings is 2. The van der Waals surface area contributed by atoms with Crippen molar-refractivity contribution in [2.75, 3.05) is 11.9 Å². The minimum absolute atomic E-state index is 0.233. The highest BCUT2D eigenvalue weighted by molar-refractivity contribution is 7.16. The number of hydrogen-bond donors (Lipinski definition) is 1. The van der Waals surface area contributed by atoms with Crippen LogP contribution < -0.4 is 5.32 Å². The topological polar surface area (TPSA) is 74.0 Å². The van der Waals surface area contributed by atoms with Crippen LogP contribution in [0.5, 0.6) is 0 Å². The Hall–Kier alpha value is -2.47. The average Bonchev–Trinajstić information content (AvgIpc) is 3.34. The summed E-state index contributed by atoms with van der Waals surface area (Å²) >= 11 is 3.28. The number of fused-ring (bicyclic) bond motifs is 1. The van der Waals surface area contributed by atoms with E-state index >= 15 is 0 Å². The van der Waals surface area contributed by atoms with Crippen molar-refractivity contribution in [3.8, 4) is 6.07 Å². The first-order chi connectivity index (χ1) is 12.6. The second-order valence-corrected chi connectivity index (χ2v) is 8.35. The van der Waals surface area contributed by atoms with E-state index in [2.05, 4.69) is 38.9 Å². The van der Waals surface area contributed by atoms with Gasteiger partial charge in [0.15, 0.2) is 0 Å². The molecule has 0 saturated carbocycles. The lowest BCUT2D eigenvalue weighted by Crippen LogP contribution is -2.29. The zero-order chi connectivity index (χ0) is 18.1. The van der Waals surface area contributed by atoms with Crippen LogP contribution in [0.2, 0.25) is 0 Å². The molecule has 4 heterocycles. The van der Waals surface area contributed by atoms with Gasteiger partial charge in [-0.1, -0.05) is 6.07 Å². The Morgan fingerprint density at radius 1 is 1.50 bits per heavy atom. The summed E-state index contributed by atoms with van der Waals surface area (Å²) in [6, 6.07) is 6.50.